The fourth-order valence-corrected chi connectivity index (χ4v) is 22.7. The van der Waals surface area contributed by atoms with E-state index in [1.165, 1.54) is 126 Å². The number of amides is 1. The largest absolute Gasteiger partial charge is 0.496 e. The first-order valence-electron chi connectivity index (χ1n) is 42.5. The van der Waals surface area contributed by atoms with Crippen LogP contribution in [-0.4, -0.2) is 176 Å². The molecule has 17 rings (SSSR count). The van der Waals surface area contributed by atoms with E-state index in [0.29, 0.717) is 23.4 Å². The molecule has 1 amide bonds. The Kier molecular flexibility index (Phi) is 27.4. The van der Waals surface area contributed by atoms with Crippen molar-refractivity contribution in [1.29, 1.82) is 0 Å². The van der Waals surface area contributed by atoms with Crippen LogP contribution in [0.3, 0.4) is 0 Å². The molecule has 5 unspecified atom stereocenters. The minimum absolute atomic E-state index is 0.0618. The lowest BCUT2D eigenvalue weighted by Gasteiger charge is -2.44. The van der Waals surface area contributed by atoms with E-state index >= 15 is 0 Å². The number of carbonyl (C=O) groups excluding carboxylic acids is 1. The van der Waals surface area contributed by atoms with Crippen LogP contribution in [-0.2, 0) is 25.4 Å². The van der Waals surface area contributed by atoms with Crippen LogP contribution in [0, 0.1) is 53.3 Å². The minimum atomic E-state index is -0.772. The quantitative estimate of drug-likeness (QED) is 0.0678. The Balaban J connectivity index is 0.000000123. The first-order valence-corrected chi connectivity index (χ1v) is 43.3. The Morgan fingerprint density at radius 2 is 1.06 bits per heavy atom. The Morgan fingerprint density at radius 1 is 0.518 bits per heavy atom. The lowest BCUT2D eigenvalue weighted by molar-refractivity contribution is -0.0721. The van der Waals surface area contributed by atoms with Gasteiger partial charge in [-0.25, -0.2) is 0 Å². The summed E-state index contributed by atoms with van der Waals surface area (Å²) < 4.78 is 40.3. The molecule has 0 aromatic heterocycles. The van der Waals surface area contributed by atoms with Crippen molar-refractivity contribution in [1.82, 2.24) is 24.9 Å². The number of carbonyl (C=O) groups is 1. The van der Waals surface area contributed by atoms with Crippen LogP contribution in [0.15, 0.2) is 109 Å². The number of ether oxygens (including phenoxy) is 7. The van der Waals surface area contributed by atoms with E-state index in [1.54, 1.807) is 35.5 Å². The van der Waals surface area contributed by atoms with E-state index in [9.17, 15) is 9.90 Å². The molecule has 14 nitrogen and oxygen atoms in total. The number of rotatable bonds is 17. The molecule has 110 heavy (non-hydrogen) atoms. The normalized spacial score (nSPS) is 27.9. The van der Waals surface area contributed by atoms with Crippen molar-refractivity contribution in [3.05, 3.63) is 153 Å². The summed E-state index contributed by atoms with van der Waals surface area (Å²) in [7, 11) is 12.3. The molecule has 5 heterocycles. The summed E-state index contributed by atoms with van der Waals surface area (Å²) in [5.74, 6) is 17.7. The molecule has 9 atom stereocenters. The highest BCUT2D eigenvalue weighted by Crippen LogP contribution is 2.51. The van der Waals surface area contributed by atoms with Gasteiger partial charge >= 0.3 is 0 Å². The van der Waals surface area contributed by atoms with Gasteiger partial charge in [-0.3, -0.25) is 4.79 Å². The van der Waals surface area contributed by atoms with Gasteiger partial charge in [0, 0.05) is 118 Å². The number of halogens is 2. The zero-order valence-corrected chi connectivity index (χ0v) is 68.8. The maximum Gasteiger partial charge on any atom is 0.251 e. The molecule has 16 heteroatoms. The summed E-state index contributed by atoms with van der Waals surface area (Å²) in [6.45, 7) is 12.1. The Labute approximate surface area is 668 Å². The third-order valence-electron chi connectivity index (χ3n) is 28.8. The van der Waals surface area contributed by atoms with Crippen molar-refractivity contribution in [3.63, 3.8) is 0 Å². The average Bonchev–Trinajstić information content (AvgIpc) is 0.808. The summed E-state index contributed by atoms with van der Waals surface area (Å²) in [6, 6.07) is 34.7. The van der Waals surface area contributed by atoms with Crippen LogP contribution in [0.25, 0.3) is 11.1 Å². The van der Waals surface area contributed by atoms with Crippen molar-refractivity contribution in [3.8, 4) is 46.0 Å². The SMILES string of the molecule is CNC(=O)c1ccc(-c2ccc(OC)c(C3CCN(C4CCOCC4)CC3)c2)cc1.COc1ccc(C#CC2(O)CCCC2)cc1C1CCN([C@@H]2C[C@H]3CCC2C3)CC1.COc1ccc(Cl)cc1C1(OC)CCN(C2CCC3CCC(C3)C2)CC1.COc1ccc(Cl)cc1C1(OC)CCN(C[C@@H]2C[C@H]3C=CC2C3)CC1. The molecule has 2 N–H and O–H groups in total. The van der Waals surface area contributed by atoms with Crippen molar-refractivity contribution in [2.75, 3.05) is 122 Å². The van der Waals surface area contributed by atoms with Gasteiger partial charge in [-0.15, -0.1) is 0 Å². The predicted octanol–water partition coefficient (Wildman–Crippen LogP) is 18.6. The van der Waals surface area contributed by atoms with Crippen molar-refractivity contribution in [2.24, 2.45) is 41.4 Å². The van der Waals surface area contributed by atoms with E-state index in [4.69, 9.17) is 56.4 Å². The molecule has 5 aliphatic heterocycles. The number of fused-ring (bicyclic) bond motifs is 6. The molecule has 12 aliphatic rings. The highest BCUT2D eigenvalue weighted by atomic mass is 35.5. The number of hydrogen-bond donors (Lipinski definition) is 2. The molecule has 0 spiro atoms. The number of likely N-dealkylation sites (tertiary alicyclic amines) is 4. The molecular weight excluding hydrogens is 1410 g/mol. The lowest BCUT2D eigenvalue weighted by Crippen LogP contribution is -2.48. The number of nitrogens with zero attached hydrogens (tertiary/aromatic N) is 4. The highest BCUT2D eigenvalue weighted by Gasteiger charge is 2.46. The molecule has 596 valence electrons. The van der Waals surface area contributed by atoms with Crippen LogP contribution in [0.4, 0.5) is 0 Å². The Hall–Kier alpha value is -5.67. The van der Waals surface area contributed by atoms with Gasteiger partial charge in [-0.05, 0) is 328 Å². The van der Waals surface area contributed by atoms with Gasteiger partial charge in [0.15, 0.2) is 0 Å². The van der Waals surface area contributed by atoms with Crippen molar-refractivity contribution < 1.29 is 43.1 Å². The van der Waals surface area contributed by atoms with Crippen LogP contribution in [0.2, 0.25) is 10.0 Å². The first-order chi connectivity index (χ1) is 53.6. The van der Waals surface area contributed by atoms with Gasteiger partial charge in [0.25, 0.3) is 5.91 Å². The van der Waals surface area contributed by atoms with E-state index < -0.39 is 5.60 Å². The zero-order valence-electron chi connectivity index (χ0n) is 67.2. The molecular formula is C94H127Cl2N5O9. The topological polar surface area (TPSA) is 127 Å². The molecule has 5 aromatic rings. The summed E-state index contributed by atoms with van der Waals surface area (Å²) in [5.41, 5.74) is 7.44. The molecule has 11 fully saturated rings. The molecule has 6 saturated carbocycles. The van der Waals surface area contributed by atoms with Gasteiger partial charge in [-0.1, -0.05) is 84.7 Å². The van der Waals surface area contributed by atoms with E-state index in [2.05, 4.69) is 79.2 Å². The second-order valence-corrected chi connectivity index (χ2v) is 35.6. The summed E-state index contributed by atoms with van der Waals surface area (Å²) in [4.78, 5) is 22.6. The van der Waals surface area contributed by atoms with Crippen LogP contribution in [0.1, 0.15) is 217 Å². The van der Waals surface area contributed by atoms with Gasteiger partial charge in [-0.2, -0.15) is 0 Å². The summed E-state index contributed by atoms with van der Waals surface area (Å²) in [6.07, 6.45) is 37.1. The third kappa shape index (κ3) is 19.0. The van der Waals surface area contributed by atoms with E-state index in [0.717, 1.165) is 238 Å². The maximum atomic E-state index is 11.8. The number of allylic oxidation sites excluding steroid dienone is 2. The summed E-state index contributed by atoms with van der Waals surface area (Å²) in [5, 5.41) is 14.7. The molecule has 0 radical (unpaired) electrons. The van der Waals surface area contributed by atoms with E-state index in [-0.39, 0.29) is 17.1 Å². The van der Waals surface area contributed by atoms with Gasteiger partial charge in [0.2, 0.25) is 0 Å². The molecule has 7 aliphatic carbocycles. The standard InChI is InChI=1S/C26H35NO2.C25H32N2O3.C22H32ClNO2.C21H28ClNO2/c1-29-25-7-5-19(8-13-26(28)11-2-3-12-26)17-23(25)21-9-14-27(15-10-21)24-18-20-4-6-22(24)16-20;1-26-25(28)20-5-3-18(4-6-20)21-7-8-24(29-2)23(17-21)19-9-13-27(14-10-19)22-11-15-30-16-12-22;1-25-21-8-6-18(23)15-20(21)22(26-2)9-11-24(12-10-22)19-7-5-16-3-4-17(13-16)14-19;1-24-20-6-5-18(22)13-19(20)21(25-2)7-9-23(10-8-21)14-17-12-15-3-4-16(17)11-15/h5,7,17,20-22,24,28H,2-4,6,9-12,14-16,18H2,1H3;3-8,17,19,22H,9-16H2,1-2H3,(H,26,28);6,8,15-17,19H,3-5,7,9-14H2,1-2H3;3-6,13,15-17H,7-12,14H2,1-2H3/t20-,22?,24+;;;15-,16?,17-/m0..0/s1. The predicted molar refractivity (Wildman–Crippen MR) is 442 cm³/mol. The number of piperidine rings is 4. The number of hydrogen-bond acceptors (Lipinski definition) is 13. The smallest absolute Gasteiger partial charge is 0.251 e. The molecule has 5 saturated heterocycles. The average molecular weight is 1540 g/mol. The van der Waals surface area contributed by atoms with Gasteiger partial charge in [0.05, 0.1) is 39.6 Å². The molecule has 5 aromatic carbocycles. The molecule has 6 bridgehead atoms. The summed E-state index contributed by atoms with van der Waals surface area (Å²) >= 11 is 12.6. The number of benzene rings is 5. The number of nitrogens with one attached hydrogen (secondary N) is 1. The van der Waals surface area contributed by atoms with E-state index in [1.807, 2.05) is 80.9 Å². The van der Waals surface area contributed by atoms with Gasteiger partial charge < -0.3 is 63.2 Å². The fraction of sp³-hybridized carbons (Fsp3) is 0.628. The number of aliphatic hydroxyl groups is 1. The Morgan fingerprint density at radius 3 is 1.63 bits per heavy atom. The fourth-order valence-electron chi connectivity index (χ4n) is 22.4. The zero-order chi connectivity index (χ0) is 76.4. The monoisotopic (exact) mass is 1540 g/mol. The Bertz CT molecular complexity index is 3930. The van der Waals surface area contributed by atoms with Crippen molar-refractivity contribution >= 4 is 29.1 Å². The van der Waals surface area contributed by atoms with Crippen LogP contribution >= 0.6 is 23.2 Å². The van der Waals surface area contributed by atoms with Crippen LogP contribution < -0.4 is 24.3 Å². The first kappa shape index (κ1) is 80.9. The van der Waals surface area contributed by atoms with Crippen LogP contribution in [0.5, 0.6) is 23.0 Å². The number of methoxy groups -OCH3 is 6. The lowest BCUT2D eigenvalue weighted by atomic mass is 9.82. The minimum Gasteiger partial charge on any atom is -0.496 e. The highest BCUT2D eigenvalue weighted by molar-refractivity contribution is 6.31. The second-order valence-electron chi connectivity index (χ2n) is 34.7. The van der Waals surface area contributed by atoms with Crippen molar-refractivity contribution in [2.45, 2.75) is 214 Å². The second kappa shape index (κ2) is 37.3. The van der Waals surface area contributed by atoms with Gasteiger partial charge in [0.1, 0.15) is 28.6 Å². The third-order valence-corrected chi connectivity index (χ3v) is 29.3. The maximum absolute atomic E-state index is 11.8.